The highest BCUT2D eigenvalue weighted by Gasteiger charge is 2.25. The molecule has 144 valence electrons. The molecule has 0 spiro atoms. The highest BCUT2D eigenvalue weighted by Crippen LogP contribution is 2.24. The van der Waals surface area contributed by atoms with Gasteiger partial charge in [-0.3, -0.25) is 4.90 Å². The number of anilines is 1. The number of rotatable bonds is 4. The van der Waals surface area contributed by atoms with Crippen LogP contribution in [-0.4, -0.2) is 66.8 Å². The zero-order valence-electron chi connectivity index (χ0n) is 15.5. The number of aromatic nitrogens is 1. The van der Waals surface area contributed by atoms with Crippen molar-refractivity contribution in [1.82, 2.24) is 14.8 Å². The Morgan fingerprint density at radius 3 is 2.56 bits per heavy atom. The molecule has 27 heavy (non-hydrogen) atoms. The van der Waals surface area contributed by atoms with E-state index in [4.69, 9.17) is 4.74 Å². The summed E-state index contributed by atoms with van der Waals surface area (Å²) in [6.07, 6.45) is 3.96. The van der Waals surface area contributed by atoms with Gasteiger partial charge in [0, 0.05) is 55.6 Å². The third-order valence-corrected chi connectivity index (χ3v) is 6.16. The van der Waals surface area contributed by atoms with Crippen molar-refractivity contribution in [3.05, 3.63) is 35.8 Å². The number of nitrogens with zero attached hydrogens (tertiary/aromatic N) is 3. The molecule has 7 heteroatoms. The normalized spacial score (nSPS) is 19.2. The lowest BCUT2D eigenvalue weighted by Crippen LogP contribution is -2.45. The van der Waals surface area contributed by atoms with Gasteiger partial charge >= 0.3 is 6.03 Å². The number of ether oxygens (including phenoxy) is 1. The van der Waals surface area contributed by atoms with Crippen LogP contribution in [-0.2, 0) is 4.74 Å². The first-order valence-corrected chi connectivity index (χ1v) is 10.5. The van der Waals surface area contributed by atoms with Gasteiger partial charge in [0.2, 0.25) is 0 Å². The molecule has 2 aromatic rings. The molecule has 0 bridgehead atoms. The van der Waals surface area contributed by atoms with Crippen LogP contribution in [0.2, 0.25) is 0 Å². The Kier molecular flexibility index (Phi) is 6.01. The van der Waals surface area contributed by atoms with E-state index in [1.807, 2.05) is 34.5 Å². The molecule has 0 unspecified atom stereocenters. The number of carbonyl (C=O) groups is 1. The highest BCUT2D eigenvalue weighted by molar-refractivity contribution is 7.13. The first-order chi connectivity index (χ1) is 13.3. The minimum atomic E-state index is 0.00169. The van der Waals surface area contributed by atoms with E-state index in [-0.39, 0.29) is 6.03 Å². The number of hydrogen-bond donors (Lipinski definition) is 1. The van der Waals surface area contributed by atoms with Crippen molar-refractivity contribution >= 4 is 23.1 Å². The standard InChI is InChI=1S/C20H26N4O2S/c25-20(22-18-3-1-17(2-4-18)19-21-7-14-27-19)24-8-5-16(6-9-24)15-23-10-12-26-13-11-23/h1-4,7,14,16H,5-6,8-13,15H2,(H,22,25). The number of carbonyl (C=O) groups excluding carboxylic acids is 1. The van der Waals surface area contributed by atoms with Crippen LogP contribution in [0.3, 0.4) is 0 Å². The minimum absolute atomic E-state index is 0.00169. The van der Waals surface area contributed by atoms with Crippen LogP contribution < -0.4 is 5.32 Å². The monoisotopic (exact) mass is 386 g/mol. The van der Waals surface area contributed by atoms with E-state index in [2.05, 4.69) is 15.2 Å². The second-order valence-corrected chi connectivity index (χ2v) is 8.08. The molecule has 0 atom stereocenters. The third kappa shape index (κ3) is 4.86. The summed E-state index contributed by atoms with van der Waals surface area (Å²) in [6.45, 7) is 6.58. The Bertz CT molecular complexity index is 721. The average Bonchev–Trinajstić information content (AvgIpc) is 3.25. The molecule has 1 N–H and O–H groups in total. The fourth-order valence-corrected chi connectivity index (χ4v) is 4.38. The van der Waals surface area contributed by atoms with Gasteiger partial charge in [-0.25, -0.2) is 9.78 Å². The van der Waals surface area contributed by atoms with Crippen molar-refractivity contribution in [2.45, 2.75) is 12.8 Å². The van der Waals surface area contributed by atoms with Crippen LogP contribution in [0.4, 0.5) is 10.5 Å². The second kappa shape index (κ2) is 8.82. The number of thiazole rings is 1. The maximum Gasteiger partial charge on any atom is 0.321 e. The zero-order chi connectivity index (χ0) is 18.5. The summed E-state index contributed by atoms with van der Waals surface area (Å²) < 4.78 is 5.42. The molecule has 3 heterocycles. The maximum absolute atomic E-state index is 12.6. The van der Waals surface area contributed by atoms with Crippen molar-refractivity contribution in [2.24, 2.45) is 5.92 Å². The highest BCUT2D eigenvalue weighted by atomic mass is 32.1. The largest absolute Gasteiger partial charge is 0.379 e. The van der Waals surface area contributed by atoms with E-state index < -0.39 is 0 Å². The Labute approximate surface area is 164 Å². The van der Waals surface area contributed by atoms with Gasteiger partial charge in [-0.2, -0.15) is 0 Å². The van der Waals surface area contributed by atoms with E-state index >= 15 is 0 Å². The summed E-state index contributed by atoms with van der Waals surface area (Å²) in [7, 11) is 0. The first kappa shape index (κ1) is 18.4. The molecule has 6 nitrogen and oxygen atoms in total. The van der Waals surface area contributed by atoms with Gasteiger partial charge in [0.15, 0.2) is 0 Å². The molecule has 2 amide bonds. The van der Waals surface area contributed by atoms with Crippen molar-refractivity contribution < 1.29 is 9.53 Å². The Morgan fingerprint density at radius 1 is 1.15 bits per heavy atom. The van der Waals surface area contributed by atoms with Crippen LogP contribution in [0, 0.1) is 5.92 Å². The van der Waals surface area contributed by atoms with Gasteiger partial charge in [0.25, 0.3) is 0 Å². The SMILES string of the molecule is O=C(Nc1ccc(-c2nccs2)cc1)N1CCC(CN2CCOCC2)CC1. The van der Waals surface area contributed by atoms with Crippen molar-refractivity contribution in [3.63, 3.8) is 0 Å². The Balaban J connectivity index is 1.24. The maximum atomic E-state index is 12.6. The summed E-state index contributed by atoms with van der Waals surface area (Å²) in [5.41, 5.74) is 1.91. The lowest BCUT2D eigenvalue weighted by molar-refractivity contribution is 0.0260. The van der Waals surface area contributed by atoms with E-state index in [1.165, 1.54) is 0 Å². The van der Waals surface area contributed by atoms with Gasteiger partial charge < -0.3 is 15.0 Å². The minimum Gasteiger partial charge on any atom is -0.379 e. The Hall–Kier alpha value is -1.96. The fourth-order valence-electron chi connectivity index (χ4n) is 3.73. The van der Waals surface area contributed by atoms with Crippen molar-refractivity contribution in [2.75, 3.05) is 51.3 Å². The van der Waals surface area contributed by atoms with Crippen LogP contribution in [0.15, 0.2) is 35.8 Å². The predicted octanol–water partition coefficient (Wildman–Crippen LogP) is 3.39. The molecule has 0 radical (unpaired) electrons. The number of benzene rings is 1. The summed E-state index contributed by atoms with van der Waals surface area (Å²) >= 11 is 1.61. The molecule has 2 saturated heterocycles. The van der Waals surface area contributed by atoms with Gasteiger partial charge in [0.05, 0.1) is 13.2 Å². The molecular formula is C20H26N4O2S. The van der Waals surface area contributed by atoms with Gasteiger partial charge in [-0.1, -0.05) is 0 Å². The van der Waals surface area contributed by atoms with Gasteiger partial charge in [0.1, 0.15) is 5.01 Å². The second-order valence-electron chi connectivity index (χ2n) is 7.19. The molecule has 1 aromatic heterocycles. The lowest BCUT2D eigenvalue weighted by Gasteiger charge is -2.36. The molecular weight excluding hydrogens is 360 g/mol. The van der Waals surface area contributed by atoms with Crippen LogP contribution in [0.5, 0.6) is 0 Å². The molecule has 4 rings (SSSR count). The van der Waals surface area contributed by atoms with E-state index in [0.29, 0.717) is 5.92 Å². The first-order valence-electron chi connectivity index (χ1n) is 9.64. The van der Waals surface area contributed by atoms with Gasteiger partial charge in [-0.05, 0) is 43.0 Å². The number of amides is 2. The van der Waals surface area contributed by atoms with E-state index in [9.17, 15) is 4.79 Å². The van der Waals surface area contributed by atoms with Crippen LogP contribution >= 0.6 is 11.3 Å². The quantitative estimate of drug-likeness (QED) is 0.875. The molecule has 1 aromatic carbocycles. The van der Waals surface area contributed by atoms with Gasteiger partial charge in [-0.15, -0.1) is 11.3 Å². The van der Waals surface area contributed by atoms with Crippen molar-refractivity contribution in [1.29, 1.82) is 0 Å². The average molecular weight is 387 g/mol. The number of likely N-dealkylation sites (tertiary alicyclic amines) is 1. The van der Waals surface area contributed by atoms with Crippen molar-refractivity contribution in [3.8, 4) is 10.6 Å². The predicted molar refractivity (Wildman–Crippen MR) is 108 cm³/mol. The van der Waals surface area contributed by atoms with Crippen LogP contribution in [0.1, 0.15) is 12.8 Å². The Morgan fingerprint density at radius 2 is 1.89 bits per heavy atom. The molecule has 2 aliphatic heterocycles. The molecule has 0 aliphatic carbocycles. The fraction of sp³-hybridized carbons (Fsp3) is 0.500. The summed E-state index contributed by atoms with van der Waals surface area (Å²) in [5.74, 6) is 0.685. The van der Waals surface area contributed by atoms with Crippen LogP contribution in [0.25, 0.3) is 10.6 Å². The summed E-state index contributed by atoms with van der Waals surface area (Å²) in [6, 6.07) is 7.90. The molecule has 2 aliphatic rings. The smallest absolute Gasteiger partial charge is 0.321 e. The van der Waals surface area contributed by atoms with E-state index in [1.54, 1.807) is 17.5 Å². The number of hydrogen-bond acceptors (Lipinski definition) is 5. The number of nitrogens with one attached hydrogen (secondary N) is 1. The summed E-state index contributed by atoms with van der Waals surface area (Å²) in [5, 5.41) is 5.98. The summed E-state index contributed by atoms with van der Waals surface area (Å²) in [4.78, 5) is 21.3. The topological polar surface area (TPSA) is 57.7 Å². The van der Waals surface area contributed by atoms with E-state index in [0.717, 1.165) is 75.0 Å². The number of urea groups is 1. The third-order valence-electron chi connectivity index (χ3n) is 5.34. The number of piperidine rings is 1. The number of morpholine rings is 1. The zero-order valence-corrected chi connectivity index (χ0v) is 16.3. The molecule has 0 saturated carbocycles. The lowest BCUT2D eigenvalue weighted by atomic mass is 9.96. The molecule has 2 fully saturated rings.